The highest BCUT2D eigenvalue weighted by atomic mass is 35.5. The number of hydrogen-bond acceptors (Lipinski definition) is 6. The summed E-state index contributed by atoms with van der Waals surface area (Å²) in [5.41, 5.74) is 1.34. The van der Waals surface area contributed by atoms with Crippen LogP contribution < -0.4 is 10.9 Å². The summed E-state index contributed by atoms with van der Waals surface area (Å²) in [6.45, 7) is 0.371. The minimum Gasteiger partial charge on any atom is -0.347 e. The SMILES string of the molecule is O=c1[nH]nc(CNc2n[nH]c(SCc3c(Cl)cccc3Cl)n2)c2ccccc12. The Bertz CT molecular complexity index is 1170. The van der Waals surface area contributed by atoms with E-state index < -0.39 is 0 Å². The number of thioether (sulfide) groups is 1. The second-order valence-corrected chi connectivity index (χ2v) is 7.63. The number of benzene rings is 2. The molecule has 2 aromatic heterocycles. The highest BCUT2D eigenvalue weighted by Crippen LogP contribution is 2.30. The number of H-pyrrole nitrogens is 2. The molecule has 0 fully saturated rings. The zero-order valence-corrected chi connectivity index (χ0v) is 16.7. The van der Waals surface area contributed by atoms with E-state index in [4.69, 9.17) is 23.2 Å². The molecule has 4 rings (SSSR count). The van der Waals surface area contributed by atoms with Gasteiger partial charge in [-0.05, 0) is 23.8 Å². The van der Waals surface area contributed by atoms with E-state index in [9.17, 15) is 4.79 Å². The van der Waals surface area contributed by atoms with E-state index in [2.05, 4.69) is 30.7 Å². The third kappa shape index (κ3) is 3.99. The molecule has 0 aliphatic carbocycles. The second kappa shape index (κ2) is 8.22. The smallest absolute Gasteiger partial charge is 0.272 e. The minimum atomic E-state index is -0.214. The molecule has 0 aliphatic heterocycles. The topological polar surface area (TPSA) is 99.4 Å². The molecule has 0 amide bonds. The van der Waals surface area contributed by atoms with Gasteiger partial charge in [0.2, 0.25) is 5.95 Å². The summed E-state index contributed by atoms with van der Waals surface area (Å²) in [6, 6.07) is 12.7. The summed E-state index contributed by atoms with van der Waals surface area (Å²) in [7, 11) is 0. The maximum absolute atomic E-state index is 11.9. The summed E-state index contributed by atoms with van der Waals surface area (Å²) >= 11 is 13.8. The summed E-state index contributed by atoms with van der Waals surface area (Å²) in [4.78, 5) is 16.3. The van der Waals surface area contributed by atoms with Crippen LogP contribution in [0.4, 0.5) is 5.95 Å². The Hall–Kier alpha value is -2.55. The highest BCUT2D eigenvalue weighted by molar-refractivity contribution is 7.98. The predicted octanol–water partition coefficient (Wildman–Crippen LogP) is 4.25. The van der Waals surface area contributed by atoms with Crippen LogP contribution in [0.3, 0.4) is 0 Å². The molecule has 0 saturated heterocycles. The number of fused-ring (bicyclic) bond motifs is 1. The molecule has 10 heteroatoms. The van der Waals surface area contributed by atoms with Crippen molar-refractivity contribution < 1.29 is 0 Å². The summed E-state index contributed by atoms with van der Waals surface area (Å²) in [5.74, 6) is 1.00. The summed E-state index contributed by atoms with van der Waals surface area (Å²) < 4.78 is 0. The maximum atomic E-state index is 11.9. The van der Waals surface area contributed by atoms with Crippen LogP contribution in [0.1, 0.15) is 11.3 Å². The van der Waals surface area contributed by atoms with Gasteiger partial charge < -0.3 is 5.32 Å². The van der Waals surface area contributed by atoms with Gasteiger partial charge in [0.1, 0.15) is 0 Å². The van der Waals surface area contributed by atoms with Crippen molar-refractivity contribution >= 4 is 51.7 Å². The maximum Gasteiger partial charge on any atom is 0.272 e. The number of anilines is 1. The average Bonchev–Trinajstić information content (AvgIpc) is 3.15. The van der Waals surface area contributed by atoms with E-state index in [1.807, 2.05) is 24.3 Å². The molecule has 0 bridgehead atoms. The Morgan fingerprint density at radius 1 is 0.964 bits per heavy atom. The number of aromatic amines is 2. The summed E-state index contributed by atoms with van der Waals surface area (Å²) in [5, 5.41) is 20.0. The fourth-order valence-electron chi connectivity index (χ4n) is 2.67. The van der Waals surface area contributed by atoms with Gasteiger partial charge in [0, 0.05) is 21.2 Å². The Kier molecular flexibility index (Phi) is 5.52. The van der Waals surface area contributed by atoms with Crippen LogP contribution in [0.15, 0.2) is 52.4 Å². The number of nitrogens with one attached hydrogen (secondary N) is 3. The molecular formula is C18H14Cl2N6OS. The lowest BCUT2D eigenvalue weighted by atomic mass is 10.1. The average molecular weight is 433 g/mol. The van der Waals surface area contributed by atoms with Crippen LogP contribution in [-0.2, 0) is 12.3 Å². The standard InChI is InChI=1S/C18H14Cl2N6OS/c19-13-6-3-7-14(20)12(13)9-28-18-22-17(25-26-18)21-8-15-10-4-1-2-5-11(10)16(27)24-23-15/h1-7H,8-9H2,(H,24,27)(H2,21,22,25,26). The van der Waals surface area contributed by atoms with Crippen LogP contribution in [0.25, 0.3) is 10.8 Å². The van der Waals surface area contributed by atoms with Crippen molar-refractivity contribution in [2.75, 3.05) is 5.32 Å². The van der Waals surface area contributed by atoms with Crippen LogP contribution in [0.2, 0.25) is 10.0 Å². The lowest BCUT2D eigenvalue weighted by Gasteiger charge is -2.05. The lowest BCUT2D eigenvalue weighted by molar-refractivity contribution is 0.914. The van der Waals surface area contributed by atoms with Crippen molar-refractivity contribution in [3.8, 4) is 0 Å². The number of aromatic nitrogens is 5. The van der Waals surface area contributed by atoms with Crippen LogP contribution >= 0.6 is 35.0 Å². The number of hydrogen-bond donors (Lipinski definition) is 3. The first-order valence-corrected chi connectivity index (χ1v) is 10.0. The first-order chi connectivity index (χ1) is 13.6. The van der Waals surface area contributed by atoms with E-state index in [-0.39, 0.29) is 5.56 Å². The molecule has 0 atom stereocenters. The molecule has 0 radical (unpaired) electrons. The van der Waals surface area contributed by atoms with Gasteiger partial charge >= 0.3 is 0 Å². The van der Waals surface area contributed by atoms with E-state index >= 15 is 0 Å². The molecule has 0 aliphatic rings. The number of nitrogens with zero attached hydrogens (tertiary/aromatic N) is 3. The van der Waals surface area contributed by atoms with Gasteiger partial charge in [-0.15, -0.1) is 5.10 Å². The van der Waals surface area contributed by atoms with Crippen molar-refractivity contribution in [3.63, 3.8) is 0 Å². The molecule has 2 aromatic carbocycles. The molecule has 4 aromatic rings. The Labute approximate surface area is 173 Å². The van der Waals surface area contributed by atoms with Gasteiger partial charge in [-0.25, -0.2) is 5.10 Å². The number of rotatable bonds is 6. The Balaban J connectivity index is 1.43. The molecule has 0 spiro atoms. The fourth-order valence-corrected chi connectivity index (χ4v) is 4.21. The second-order valence-electron chi connectivity index (χ2n) is 5.85. The van der Waals surface area contributed by atoms with E-state index in [1.54, 1.807) is 18.2 Å². The molecule has 28 heavy (non-hydrogen) atoms. The van der Waals surface area contributed by atoms with E-state index in [1.165, 1.54) is 11.8 Å². The Morgan fingerprint density at radius 3 is 2.50 bits per heavy atom. The zero-order valence-electron chi connectivity index (χ0n) is 14.4. The van der Waals surface area contributed by atoms with Crippen LogP contribution in [-0.4, -0.2) is 25.4 Å². The zero-order chi connectivity index (χ0) is 19.5. The largest absolute Gasteiger partial charge is 0.347 e. The summed E-state index contributed by atoms with van der Waals surface area (Å²) in [6.07, 6.45) is 0. The Morgan fingerprint density at radius 2 is 1.71 bits per heavy atom. The molecule has 0 saturated carbocycles. The third-order valence-corrected chi connectivity index (χ3v) is 5.67. The predicted molar refractivity (Wildman–Crippen MR) is 112 cm³/mol. The van der Waals surface area contributed by atoms with Crippen molar-refractivity contribution in [2.45, 2.75) is 17.5 Å². The van der Waals surface area contributed by atoms with Gasteiger partial charge in [-0.2, -0.15) is 10.1 Å². The van der Waals surface area contributed by atoms with Gasteiger partial charge in [0.25, 0.3) is 5.56 Å². The van der Waals surface area contributed by atoms with Crippen molar-refractivity contribution in [3.05, 3.63) is 74.1 Å². The third-order valence-electron chi connectivity index (χ3n) is 4.07. The van der Waals surface area contributed by atoms with E-state index in [0.29, 0.717) is 44.5 Å². The normalized spacial score (nSPS) is 11.1. The van der Waals surface area contributed by atoms with Crippen LogP contribution in [0, 0.1) is 0 Å². The molecular weight excluding hydrogens is 419 g/mol. The fraction of sp³-hybridized carbons (Fsp3) is 0.111. The van der Waals surface area contributed by atoms with Crippen molar-refractivity contribution in [1.29, 1.82) is 0 Å². The van der Waals surface area contributed by atoms with Gasteiger partial charge in [-0.1, -0.05) is 59.2 Å². The quantitative estimate of drug-likeness (QED) is 0.393. The lowest BCUT2D eigenvalue weighted by Crippen LogP contribution is -2.13. The number of halogens is 2. The van der Waals surface area contributed by atoms with Gasteiger partial charge in [-0.3, -0.25) is 9.89 Å². The minimum absolute atomic E-state index is 0.214. The van der Waals surface area contributed by atoms with Gasteiger partial charge in [0.15, 0.2) is 5.16 Å². The molecule has 142 valence electrons. The van der Waals surface area contributed by atoms with Crippen molar-refractivity contribution in [2.24, 2.45) is 0 Å². The molecule has 7 nitrogen and oxygen atoms in total. The molecule has 2 heterocycles. The van der Waals surface area contributed by atoms with Crippen molar-refractivity contribution in [1.82, 2.24) is 25.4 Å². The molecule has 3 N–H and O–H groups in total. The van der Waals surface area contributed by atoms with Crippen LogP contribution in [0.5, 0.6) is 0 Å². The first kappa shape index (κ1) is 18.8. The van der Waals surface area contributed by atoms with Gasteiger partial charge in [0.05, 0.1) is 17.6 Å². The first-order valence-electron chi connectivity index (χ1n) is 8.30. The highest BCUT2D eigenvalue weighted by Gasteiger charge is 2.10. The van der Waals surface area contributed by atoms with E-state index in [0.717, 1.165) is 10.9 Å². The monoisotopic (exact) mass is 432 g/mol. The molecule has 0 unspecified atom stereocenters.